The minimum atomic E-state index is 0.145. The second kappa shape index (κ2) is 3.18. The molecule has 0 unspecified atom stereocenters. The zero-order chi connectivity index (χ0) is 9.19. The molecular formula is C11H17N. The molecule has 0 amide bonds. The van der Waals surface area contributed by atoms with Gasteiger partial charge in [0.25, 0.3) is 0 Å². The van der Waals surface area contributed by atoms with Crippen LogP contribution >= 0.6 is 0 Å². The number of aryl methyl sites for hydroxylation is 1. The van der Waals surface area contributed by atoms with Gasteiger partial charge in [0.05, 0.1) is 0 Å². The van der Waals surface area contributed by atoms with E-state index in [4.69, 9.17) is 0 Å². The van der Waals surface area contributed by atoms with E-state index in [0.29, 0.717) is 0 Å². The van der Waals surface area contributed by atoms with E-state index in [1.54, 1.807) is 0 Å². The monoisotopic (exact) mass is 163 g/mol. The Bertz CT molecular complexity index is 258. The van der Waals surface area contributed by atoms with Crippen LogP contribution in [-0.2, 0) is 0 Å². The molecule has 0 aliphatic heterocycles. The van der Waals surface area contributed by atoms with Crippen LogP contribution in [0.1, 0.15) is 26.3 Å². The van der Waals surface area contributed by atoms with E-state index in [0.717, 1.165) is 0 Å². The summed E-state index contributed by atoms with van der Waals surface area (Å²) < 4.78 is 0. The van der Waals surface area contributed by atoms with Crippen LogP contribution in [0.5, 0.6) is 0 Å². The normalized spacial score (nSPS) is 11.3. The van der Waals surface area contributed by atoms with Crippen LogP contribution in [0.25, 0.3) is 0 Å². The summed E-state index contributed by atoms with van der Waals surface area (Å²) in [6, 6.07) is 8.35. The molecule has 0 aliphatic carbocycles. The molecule has 0 aliphatic rings. The summed E-state index contributed by atoms with van der Waals surface area (Å²) in [7, 11) is 0. The van der Waals surface area contributed by atoms with Gasteiger partial charge in [-0.2, -0.15) is 0 Å². The molecule has 0 heterocycles. The first kappa shape index (κ1) is 9.11. The van der Waals surface area contributed by atoms with E-state index >= 15 is 0 Å². The van der Waals surface area contributed by atoms with Crippen LogP contribution in [-0.4, -0.2) is 5.54 Å². The Hall–Kier alpha value is -0.980. The average Bonchev–Trinajstić information content (AvgIpc) is 1.91. The van der Waals surface area contributed by atoms with Gasteiger partial charge in [-0.1, -0.05) is 18.2 Å². The first-order valence-electron chi connectivity index (χ1n) is 4.33. The summed E-state index contributed by atoms with van der Waals surface area (Å²) in [6.07, 6.45) is 0. The van der Waals surface area contributed by atoms with Gasteiger partial charge in [-0.3, -0.25) is 0 Å². The molecule has 1 aromatic rings. The highest BCUT2D eigenvalue weighted by atomic mass is 14.9. The number of hydrogen-bond donors (Lipinski definition) is 1. The summed E-state index contributed by atoms with van der Waals surface area (Å²) in [5, 5.41) is 3.45. The lowest BCUT2D eigenvalue weighted by Crippen LogP contribution is -2.26. The van der Waals surface area contributed by atoms with E-state index in [9.17, 15) is 0 Å². The van der Waals surface area contributed by atoms with Gasteiger partial charge in [0.1, 0.15) is 0 Å². The molecule has 1 rings (SSSR count). The fourth-order valence-electron chi connectivity index (χ4n) is 1.12. The van der Waals surface area contributed by atoms with Crippen molar-refractivity contribution in [3.63, 3.8) is 0 Å². The SMILES string of the molecule is Cc1ccccc1NC(C)(C)C. The van der Waals surface area contributed by atoms with Crippen LogP contribution in [0.15, 0.2) is 24.3 Å². The molecule has 0 radical (unpaired) electrons. The Morgan fingerprint density at radius 1 is 1.08 bits per heavy atom. The van der Waals surface area contributed by atoms with Gasteiger partial charge in [0, 0.05) is 11.2 Å². The van der Waals surface area contributed by atoms with Crippen LogP contribution in [0.3, 0.4) is 0 Å². The van der Waals surface area contributed by atoms with Crippen LogP contribution in [0, 0.1) is 6.92 Å². The zero-order valence-electron chi connectivity index (χ0n) is 8.31. The maximum atomic E-state index is 3.45. The highest BCUT2D eigenvalue weighted by Gasteiger charge is 2.09. The van der Waals surface area contributed by atoms with Crippen molar-refractivity contribution in [2.45, 2.75) is 33.2 Å². The van der Waals surface area contributed by atoms with Crippen molar-refractivity contribution in [3.8, 4) is 0 Å². The quantitative estimate of drug-likeness (QED) is 0.670. The molecule has 1 heteroatoms. The standard InChI is InChI=1S/C11H17N/c1-9-7-5-6-8-10(9)12-11(2,3)4/h5-8,12H,1-4H3. The summed E-state index contributed by atoms with van der Waals surface area (Å²) in [4.78, 5) is 0. The third-order valence-electron chi connectivity index (χ3n) is 1.65. The molecule has 0 bridgehead atoms. The van der Waals surface area contributed by atoms with Crippen molar-refractivity contribution in [3.05, 3.63) is 29.8 Å². The zero-order valence-corrected chi connectivity index (χ0v) is 8.31. The third kappa shape index (κ3) is 2.57. The van der Waals surface area contributed by atoms with Gasteiger partial charge >= 0.3 is 0 Å². The fourth-order valence-corrected chi connectivity index (χ4v) is 1.12. The number of nitrogens with one attached hydrogen (secondary N) is 1. The van der Waals surface area contributed by atoms with Gasteiger partial charge < -0.3 is 5.32 Å². The molecule has 0 aromatic heterocycles. The predicted octanol–water partition coefficient (Wildman–Crippen LogP) is 3.21. The molecule has 0 saturated carbocycles. The number of anilines is 1. The number of para-hydroxylation sites is 1. The van der Waals surface area contributed by atoms with E-state index in [1.807, 2.05) is 0 Å². The lowest BCUT2D eigenvalue weighted by Gasteiger charge is -2.23. The summed E-state index contributed by atoms with van der Waals surface area (Å²) in [5.41, 5.74) is 2.67. The van der Waals surface area contributed by atoms with Crippen molar-refractivity contribution >= 4 is 5.69 Å². The Kier molecular flexibility index (Phi) is 2.41. The highest BCUT2D eigenvalue weighted by molar-refractivity contribution is 5.51. The molecule has 0 spiro atoms. The lowest BCUT2D eigenvalue weighted by molar-refractivity contribution is 0.633. The lowest BCUT2D eigenvalue weighted by atomic mass is 10.1. The van der Waals surface area contributed by atoms with E-state index in [-0.39, 0.29) is 5.54 Å². The summed E-state index contributed by atoms with van der Waals surface area (Å²) >= 11 is 0. The van der Waals surface area contributed by atoms with Crippen molar-refractivity contribution in [1.29, 1.82) is 0 Å². The smallest absolute Gasteiger partial charge is 0.0373 e. The second-order valence-corrected chi connectivity index (χ2v) is 4.19. The Morgan fingerprint density at radius 3 is 2.17 bits per heavy atom. The molecule has 12 heavy (non-hydrogen) atoms. The first-order valence-corrected chi connectivity index (χ1v) is 4.33. The fraction of sp³-hybridized carbons (Fsp3) is 0.455. The van der Waals surface area contributed by atoms with Gasteiger partial charge in [0.2, 0.25) is 0 Å². The van der Waals surface area contributed by atoms with Crippen molar-refractivity contribution in [2.75, 3.05) is 5.32 Å². The van der Waals surface area contributed by atoms with E-state index < -0.39 is 0 Å². The third-order valence-corrected chi connectivity index (χ3v) is 1.65. The maximum Gasteiger partial charge on any atom is 0.0373 e. The first-order chi connectivity index (χ1) is 5.49. The van der Waals surface area contributed by atoms with E-state index in [2.05, 4.69) is 57.3 Å². The van der Waals surface area contributed by atoms with E-state index in [1.165, 1.54) is 11.3 Å². The van der Waals surface area contributed by atoms with Crippen LogP contribution in [0.2, 0.25) is 0 Å². The second-order valence-electron chi connectivity index (χ2n) is 4.19. The largest absolute Gasteiger partial charge is 0.380 e. The average molecular weight is 163 g/mol. The van der Waals surface area contributed by atoms with Crippen LogP contribution in [0.4, 0.5) is 5.69 Å². The molecule has 0 saturated heterocycles. The molecule has 66 valence electrons. The van der Waals surface area contributed by atoms with Crippen LogP contribution < -0.4 is 5.32 Å². The Balaban J connectivity index is 2.83. The molecule has 1 N–H and O–H groups in total. The number of hydrogen-bond acceptors (Lipinski definition) is 1. The maximum absolute atomic E-state index is 3.45. The predicted molar refractivity (Wildman–Crippen MR) is 54.6 cm³/mol. The summed E-state index contributed by atoms with van der Waals surface area (Å²) in [5.74, 6) is 0. The number of benzene rings is 1. The molecule has 1 aromatic carbocycles. The van der Waals surface area contributed by atoms with Gasteiger partial charge in [-0.05, 0) is 39.3 Å². The topological polar surface area (TPSA) is 12.0 Å². The minimum absolute atomic E-state index is 0.145. The molecule has 0 fully saturated rings. The molecular weight excluding hydrogens is 146 g/mol. The Morgan fingerprint density at radius 2 is 1.67 bits per heavy atom. The molecule has 1 nitrogen and oxygen atoms in total. The number of rotatable bonds is 1. The molecule has 0 atom stereocenters. The summed E-state index contributed by atoms with van der Waals surface area (Å²) in [6.45, 7) is 8.62. The van der Waals surface area contributed by atoms with Gasteiger partial charge in [0.15, 0.2) is 0 Å². The minimum Gasteiger partial charge on any atom is -0.380 e. The van der Waals surface area contributed by atoms with Crippen molar-refractivity contribution in [2.24, 2.45) is 0 Å². The van der Waals surface area contributed by atoms with Crippen molar-refractivity contribution in [1.82, 2.24) is 0 Å². The van der Waals surface area contributed by atoms with Gasteiger partial charge in [-0.15, -0.1) is 0 Å². The highest BCUT2D eigenvalue weighted by Crippen LogP contribution is 2.18. The Labute approximate surface area is 74.8 Å². The van der Waals surface area contributed by atoms with Gasteiger partial charge in [-0.25, -0.2) is 0 Å². The van der Waals surface area contributed by atoms with Crippen molar-refractivity contribution < 1.29 is 0 Å².